The molecule has 0 saturated heterocycles. The SMILES string of the molecule is N/C(=N\N=C\c1cccnc1)c1cnccn1.N/C(=N\N=C\c1cccnc1)c1cnccn1. The molecule has 0 saturated carbocycles. The molecule has 12 heteroatoms. The van der Waals surface area contributed by atoms with Crippen molar-refractivity contribution in [2.75, 3.05) is 0 Å². The number of hydrogen-bond donors (Lipinski definition) is 2. The Morgan fingerprint density at radius 1 is 0.588 bits per heavy atom. The zero-order valence-electron chi connectivity index (χ0n) is 17.9. The molecule has 0 fully saturated rings. The summed E-state index contributed by atoms with van der Waals surface area (Å²) >= 11 is 0. The van der Waals surface area contributed by atoms with Gasteiger partial charge in [-0.15, -0.1) is 10.2 Å². The maximum absolute atomic E-state index is 5.68. The monoisotopic (exact) mass is 452 g/mol. The van der Waals surface area contributed by atoms with Gasteiger partial charge in [0, 0.05) is 60.7 Å². The fourth-order valence-electron chi connectivity index (χ4n) is 2.19. The molecule has 168 valence electrons. The highest BCUT2D eigenvalue weighted by molar-refractivity contribution is 5.96. The molecule has 0 aliphatic heterocycles. The van der Waals surface area contributed by atoms with Gasteiger partial charge in [0.05, 0.1) is 24.8 Å². The first-order valence-electron chi connectivity index (χ1n) is 9.78. The number of pyridine rings is 2. The average Bonchev–Trinajstić information content (AvgIpc) is 2.91. The van der Waals surface area contributed by atoms with Gasteiger partial charge < -0.3 is 11.5 Å². The highest BCUT2D eigenvalue weighted by atomic mass is 15.2. The maximum Gasteiger partial charge on any atom is 0.173 e. The van der Waals surface area contributed by atoms with Crippen LogP contribution in [0.3, 0.4) is 0 Å². The molecule has 12 nitrogen and oxygen atoms in total. The Labute approximate surface area is 195 Å². The van der Waals surface area contributed by atoms with Crippen LogP contribution in [-0.4, -0.2) is 54.0 Å². The van der Waals surface area contributed by atoms with Crippen LogP contribution in [0.5, 0.6) is 0 Å². The predicted octanol–water partition coefficient (Wildman–Crippen LogP) is 1.22. The topological polar surface area (TPSA) is 179 Å². The van der Waals surface area contributed by atoms with Crippen molar-refractivity contribution in [2.24, 2.45) is 31.9 Å². The summed E-state index contributed by atoms with van der Waals surface area (Å²) in [5.74, 6) is 0.441. The summed E-state index contributed by atoms with van der Waals surface area (Å²) in [5, 5.41) is 15.3. The molecule has 0 amide bonds. The summed E-state index contributed by atoms with van der Waals surface area (Å²) < 4.78 is 0. The minimum atomic E-state index is 0.221. The molecule has 4 aromatic rings. The van der Waals surface area contributed by atoms with Crippen LogP contribution in [0.25, 0.3) is 0 Å². The molecule has 0 radical (unpaired) electrons. The molecular weight excluding hydrogens is 432 g/mol. The highest BCUT2D eigenvalue weighted by Gasteiger charge is 1.98. The minimum Gasteiger partial charge on any atom is -0.380 e. The second-order valence-electron chi connectivity index (χ2n) is 6.21. The van der Waals surface area contributed by atoms with E-state index in [0.717, 1.165) is 11.1 Å². The van der Waals surface area contributed by atoms with Gasteiger partial charge in [-0.25, -0.2) is 9.97 Å². The van der Waals surface area contributed by atoms with E-state index in [0.29, 0.717) is 11.4 Å². The van der Waals surface area contributed by atoms with E-state index in [1.54, 1.807) is 62.0 Å². The molecule has 0 aliphatic carbocycles. The van der Waals surface area contributed by atoms with Crippen LogP contribution in [0, 0.1) is 0 Å². The fourth-order valence-corrected chi connectivity index (χ4v) is 2.19. The molecule has 0 bridgehead atoms. The van der Waals surface area contributed by atoms with Gasteiger partial charge in [0.15, 0.2) is 11.7 Å². The minimum absolute atomic E-state index is 0.221. The molecule has 0 aliphatic rings. The van der Waals surface area contributed by atoms with Gasteiger partial charge in [0.1, 0.15) is 11.4 Å². The summed E-state index contributed by atoms with van der Waals surface area (Å²) in [6.45, 7) is 0. The number of rotatable bonds is 6. The van der Waals surface area contributed by atoms with E-state index >= 15 is 0 Å². The Balaban J connectivity index is 0.000000191. The lowest BCUT2D eigenvalue weighted by Crippen LogP contribution is -2.14. The van der Waals surface area contributed by atoms with Crippen LogP contribution in [0.15, 0.2) is 107 Å². The van der Waals surface area contributed by atoms with Crippen molar-refractivity contribution in [1.29, 1.82) is 0 Å². The van der Waals surface area contributed by atoms with Crippen LogP contribution in [0.1, 0.15) is 22.5 Å². The number of amidine groups is 2. The smallest absolute Gasteiger partial charge is 0.173 e. The standard InChI is InChI=1S/2C11H10N6/c2*12-11(10-8-14-4-5-15-10)17-16-7-9-2-1-3-13-6-9/h2*1-8H,(H2,12,17)/b2*16-7+. The van der Waals surface area contributed by atoms with Gasteiger partial charge in [-0.2, -0.15) is 10.2 Å². The number of aromatic nitrogens is 6. The predicted molar refractivity (Wildman–Crippen MR) is 129 cm³/mol. The third-order valence-electron chi connectivity index (χ3n) is 3.76. The Morgan fingerprint density at radius 2 is 1.03 bits per heavy atom. The summed E-state index contributed by atoms with van der Waals surface area (Å²) in [4.78, 5) is 23.7. The number of nitrogens with two attached hydrogens (primary N) is 2. The molecular formula is C22H20N12. The first-order valence-corrected chi connectivity index (χ1v) is 9.78. The average molecular weight is 452 g/mol. The summed E-state index contributed by atoms with van der Waals surface area (Å²) in [6.07, 6.45) is 19.1. The molecule has 4 heterocycles. The molecule has 0 atom stereocenters. The van der Waals surface area contributed by atoms with Crippen LogP contribution >= 0.6 is 0 Å². The maximum atomic E-state index is 5.68. The van der Waals surface area contributed by atoms with Crippen molar-refractivity contribution in [3.63, 3.8) is 0 Å². The van der Waals surface area contributed by atoms with E-state index in [2.05, 4.69) is 50.3 Å². The molecule has 34 heavy (non-hydrogen) atoms. The zero-order chi connectivity index (χ0) is 23.8. The van der Waals surface area contributed by atoms with Crippen LogP contribution < -0.4 is 11.5 Å². The largest absolute Gasteiger partial charge is 0.380 e. The van der Waals surface area contributed by atoms with Crippen molar-refractivity contribution in [1.82, 2.24) is 29.9 Å². The second-order valence-corrected chi connectivity index (χ2v) is 6.21. The zero-order valence-corrected chi connectivity index (χ0v) is 17.9. The van der Waals surface area contributed by atoms with E-state index in [4.69, 9.17) is 11.5 Å². The van der Waals surface area contributed by atoms with Gasteiger partial charge in [0.2, 0.25) is 0 Å². The Bertz CT molecular complexity index is 1140. The van der Waals surface area contributed by atoms with Gasteiger partial charge in [0.25, 0.3) is 0 Å². The van der Waals surface area contributed by atoms with Crippen molar-refractivity contribution in [3.8, 4) is 0 Å². The third-order valence-corrected chi connectivity index (χ3v) is 3.76. The van der Waals surface area contributed by atoms with Crippen molar-refractivity contribution in [3.05, 3.63) is 109 Å². The van der Waals surface area contributed by atoms with E-state index in [1.165, 1.54) is 12.4 Å². The third kappa shape index (κ3) is 8.11. The molecule has 0 aromatic carbocycles. The Kier molecular flexibility index (Phi) is 9.10. The van der Waals surface area contributed by atoms with Crippen LogP contribution in [0.2, 0.25) is 0 Å². The molecule has 4 aromatic heterocycles. The van der Waals surface area contributed by atoms with Gasteiger partial charge in [-0.1, -0.05) is 12.1 Å². The van der Waals surface area contributed by atoms with Gasteiger partial charge in [-0.05, 0) is 12.1 Å². The second kappa shape index (κ2) is 13.2. The summed E-state index contributed by atoms with van der Waals surface area (Å²) in [7, 11) is 0. The first-order chi connectivity index (χ1) is 16.7. The lowest BCUT2D eigenvalue weighted by Gasteiger charge is -1.94. The van der Waals surface area contributed by atoms with Crippen molar-refractivity contribution in [2.45, 2.75) is 0 Å². The molecule has 0 spiro atoms. The number of nitrogens with zero attached hydrogens (tertiary/aromatic N) is 10. The van der Waals surface area contributed by atoms with Crippen molar-refractivity contribution >= 4 is 24.1 Å². The van der Waals surface area contributed by atoms with E-state index in [-0.39, 0.29) is 11.7 Å². The molecule has 4 rings (SSSR count). The summed E-state index contributed by atoms with van der Waals surface area (Å²) in [5.41, 5.74) is 14.0. The fraction of sp³-hybridized carbons (Fsp3) is 0. The normalized spacial score (nSPS) is 11.9. The first kappa shape index (κ1) is 23.4. The van der Waals surface area contributed by atoms with Crippen molar-refractivity contribution < 1.29 is 0 Å². The summed E-state index contributed by atoms with van der Waals surface area (Å²) in [6, 6.07) is 7.36. The highest BCUT2D eigenvalue weighted by Crippen LogP contribution is 1.94. The molecule has 0 unspecified atom stereocenters. The van der Waals surface area contributed by atoms with E-state index in [1.807, 2.05) is 24.3 Å². The quantitative estimate of drug-likeness (QED) is 0.249. The van der Waals surface area contributed by atoms with Gasteiger partial charge in [-0.3, -0.25) is 19.9 Å². The van der Waals surface area contributed by atoms with E-state index < -0.39 is 0 Å². The van der Waals surface area contributed by atoms with Gasteiger partial charge >= 0.3 is 0 Å². The Hall–Kier alpha value is -5.26. The lowest BCUT2D eigenvalue weighted by molar-refractivity contribution is 1.14. The lowest BCUT2D eigenvalue weighted by atomic mass is 10.3. The molecule has 4 N–H and O–H groups in total. The van der Waals surface area contributed by atoms with Crippen LogP contribution in [-0.2, 0) is 0 Å². The van der Waals surface area contributed by atoms with Crippen LogP contribution in [0.4, 0.5) is 0 Å². The number of hydrogen-bond acceptors (Lipinski definition) is 10. The van der Waals surface area contributed by atoms with E-state index in [9.17, 15) is 0 Å². The Morgan fingerprint density at radius 3 is 1.38 bits per heavy atom.